The monoisotopic (exact) mass is 277 g/mol. The van der Waals surface area contributed by atoms with Gasteiger partial charge < -0.3 is 10.5 Å². The molecule has 0 spiro atoms. The predicted octanol–water partition coefficient (Wildman–Crippen LogP) is 4.04. The van der Waals surface area contributed by atoms with Crippen LogP contribution in [0.3, 0.4) is 0 Å². The summed E-state index contributed by atoms with van der Waals surface area (Å²) in [5.41, 5.74) is 6.97. The molecule has 1 unspecified atom stereocenters. The molecule has 106 valence electrons. The molecule has 2 rings (SSSR count). The van der Waals surface area contributed by atoms with Gasteiger partial charge in [0, 0.05) is 12.1 Å². The van der Waals surface area contributed by atoms with Gasteiger partial charge in [-0.3, -0.25) is 0 Å². The highest BCUT2D eigenvalue weighted by Gasteiger charge is 2.06. The number of nitrogens with two attached hydrogens (primary N) is 1. The highest BCUT2D eigenvalue weighted by atomic mass is 19.2. The van der Waals surface area contributed by atoms with Crippen LogP contribution in [-0.4, -0.2) is 6.04 Å². The molecular weight excluding hydrogens is 260 g/mol. The Morgan fingerprint density at radius 2 is 1.80 bits per heavy atom. The fourth-order valence-electron chi connectivity index (χ4n) is 1.86. The minimum Gasteiger partial charge on any atom is -0.457 e. The molecular formula is C16H17F2NO. The maximum absolute atomic E-state index is 13.1. The van der Waals surface area contributed by atoms with Gasteiger partial charge in [-0.1, -0.05) is 19.1 Å². The average molecular weight is 277 g/mol. The molecule has 2 aromatic carbocycles. The molecule has 0 aliphatic carbocycles. The van der Waals surface area contributed by atoms with Crippen molar-refractivity contribution in [1.82, 2.24) is 0 Å². The van der Waals surface area contributed by atoms with Crippen LogP contribution < -0.4 is 10.5 Å². The zero-order chi connectivity index (χ0) is 14.5. The van der Waals surface area contributed by atoms with Gasteiger partial charge >= 0.3 is 0 Å². The summed E-state index contributed by atoms with van der Waals surface area (Å²) in [5.74, 6) is -0.968. The number of ether oxygens (including phenoxy) is 1. The smallest absolute Gasteiger partial charge is 0.162 e. The highest BCUT2D eigenvalue weighted by molar-refractivity contribution is 5.34. The molecule has 0 saturated heterocycles. The van der Waals surface area contributed by atoms with E-state index in [2.05, 4.69) is 0 Å². The molecule has 1 atom stereocenters. The van der Waals surface area contributed by atoms with Crippen LogP contribution in [0.25, 0.3) is 0 Å². The van der Waals surface area contributed by atoms with Gasteiger partial charge in [0.05, 0.1) is 0 Å². The fourth-order valence-corrected chi connectivity index (χ4v) is 1.86. The second-order valence-electron chi connectivity index (χ2n) is 4.70. The zero-order valence-electron chi connectivity index (χ0n) is 11.3. The standard InChI is InChI=1S/C16H17F2NO/c1-2-12(19)8-11-4-3-5-13(9-11)20-14-6-7-15(17)16(18)10-14/h3-7,9-10,12H,2,8,19H2,1H3. The third-order valence-electron chi connectivity index (χ3n) is 3.05. The first-order valence-corrected chi connectivity index (χ1v) is 6.56. The lowest BCUT2D eigenvalue weighted by atomic mass is 10.0. The summed E-state index contributed by atoms with van der Waals surface area (Å²) in [6.07, 6.45) is 1.65. The average Bonchev–Trinajstić information content (AvgIpc) is 2.43. The summed E-state index contributed by atoms with van der Waals surface area (Å²) in [7, 11) is 0. The van der Waals surface area contributed by atoms with Crippen molar-refractivity contribution in [2.75, 3.05) is 0 Å². The zero-order valence-corrected chi connectivity index (χ0v) is 11.3. The Labute approximate surface area is 117 Å². The van der Waals surface area contributed by atoms with Crippen LogP contribution in [0.5, 0.6) is 11.5 Å². The summed E-state index contributed by atoms with van der Waals surface area (Å²) >= 11 is 0. The van der Waals surface area contributed by atoms with Gasteiger partial charge in [0.15, 0.2) is 11.6 Å². The minimum atomic E-state index is -0.924. The Bertz CT molecular complexity index is 586. The molecule has 0 fully saturated rings. The molecule has 0 aromatic heterocycles. The van der Waals surface area contributed by atoms with E-state index in [0.717, 1.165) is 30.5 Å². The molecule has 0 heterocycles. The van der Waals surface area contributed by atoms with Gasteiger partial charge in [0.1, 0.15) is 11.5 Å². The number of rotatable bonds is 5. The lowest BCUT2D eigenvalue weighted by Crippen LogP contribution is -2.21. The molecule has 0 saturated carbocycles. The van der Waals surface area contributed by atoms with Crippen molar-refractivity contribution in [3.05, 3.63) is 59.7 Å². The molecule has 0 bridgehead atoms. The fraction of sp³-hybridized carbons (Fsp3) is 0.250. The van der Waals surface area contributed by atoms with Gasteiger partial charge in [-0.25, -0.2) is 8.78 Å². The Morgan fingerprint density at radius 1 is 1.05 bits per heavy atom. The first-order valence-electron chi connectivity index (χ1n) is 6.56. The summed E-state index contributed by atoms with van der Waals surface area (Å²) < 4.78 is 31.5. The summed E-state index contributed by atoms with van der Waals surface area (Å²) in [6, 6.07) is 11.0. The Kier molecular flexibility index (Phi) is 4.69. The second kappa shape index (κ2) is 6.48. The molecule has 0 aliphatic rings. The van der Waals surface area contributed by atoms with E-state index in [-0.39, 0.29) is 11.8 Å². The lowest BCUT2D eigenvalue weighted by Gasteiger charge is -2.11. The first-order chi connectivity index (χ1) is 9.58. The van der Waals surface area contributed by atoms with E-state index in [9.17, 15) is 8.78 Å². The summed E-state index contributed by atoms with van der Waals surface area (Å²) in [6.45, 7) is 2.03. The third-order valence-corrected chi connectivity index (χ3v) is 3.05. The number of halogens is 2. The molecule has 0 radical (unpaired) electrons. The van der Waals surface area contributed by atoms with E-state index in [1.165, 1.54) is 6.07 Å². The van der Waals surface area contributed by atoms with E-state index in [4.69, 9.17) is 10.5 Å². The first kappa shape index (κ1) is 14.5. The number of benzene rings is 2. The van der Waals surface area contributed by atoms with E-state index in [0.29, 0.717) is 5.75 Å². The third kappa shape index (κ3) is 3.78. The van der Waals surface area contributed by atoms with Gasteiger partial charge in [-0.15, -0.1) is 0 Å². The van der Waals surface area contributed by atoms with Crippen molar-refractivity contribution in [3.8, 4) is 11.5 Å². The van der Waals surface area contributed by atoms with E-state index in [1.54, 1.807) is 6.07 Å². The maximum atomic E-state index is 13.1. The van der Waals surface area contributed by atoms with Crippen LogP contribution in [0.1, 0.15) is 18.9 Å². The van der Waals surface area contributed by atoms with Crippen LogP contribution in [0.4, 0.5) is 8.78 Å². The van der Waals surface area contributed by atoms with Gasteiger partial charge in [-0.2, -0.15) is 0 Å². The SMILES string of the molecule is CCC(N)Cc1cccc(Oc2ccc(F)c(F)c2)c1. The Balaban J connectivity index is 2.12. The minimum absolute atomic E-state index is 0.105. The maximum Gasteiger partial charge on any atom is 0.162 e. The van der Waals surface area contributed by atoms with Gasteiger partial charge in [-0.05, 0) is 42.7 Å². The normalized spacial score (nSPS) is 12.2. The lowest BCUT2D eigenvalue weighted by molar-refractivity contribution is 0.461. The van der Waals surface area contributed by atoms with Gasteiger partial charge in [0.2, 0.25) is 0 Å². The topological polar surface area (TPSA) is 35.2 Å². The van der Waals surface area contributed by atoms with Crippen LogP contribution in [0.15, 0.2) is 42.5 Å². The summed E-state index contributed by atoms with van der Waals surface area (Å²) in [4.78, 5) is 0. The van der Waals surface area contributed by atoms with E-state index in [1.807, 2.05) is 25.1 Å². The van der Waals surface area contributed by atoms with Gasteiger partial charge in [0.25, 0.3) is 0 Å². The Morgan fingerprint density at radius 3 is 2.50 bits per heavy atom. The van der Waals surface area contributed by atoms with Crippen molar-refractivity contribution >= 4 is 0 Å². The van der Waals surface area contributed by atoms with Crippen molar-refractivity contribution in [2.45, 2.75) is 25.8 Å². The van der Waals surface area contributed by atoms with Crippen LogP contribution in [0, 0.1) is 11.6 Å². The molecule has 2 nitrogen and oxygen atoms in total. The quantitative estimate of drug-likeness (QED) is 0.895. The van der Waals surface area contributed by atoms with Crippen LogP contribution >= 0.6 is 0 Å². The van der Waals surface area contributed by atoms with E-state index >= 15 is 0 Å². The highest BCUT2D eigenvalue weighted by Crippen LogP contribution is 2.24. The molecule has 4 heteroatoms. The van der Waals surface area contributed by atoms with Crippen LogP contribution in [-0.2, 0) is 6.42 Å². The van der Waals surface area contributed by atoms with Crippen molar-refractivity contribution in [1.29, 1.82) is 0 Å². The second-order valence-corrected chi connectivity index (χ2v) is 4.70. The van der Waals surface area contributed by atoms with Crippen molar-refractivity contribution < 1.29 is 13.5 Å². The van der Waals surface area contributed by atoms with E-state index < -0.39 is 11.6 Å². The van der Waals surface area contributed by atoms with Crippen molar-refractivity contribution in [2.24, 2.45) is 5.73 Å². The Hall–Kier alpha value is -1.94. The van der Waals surface area contributed by atoms with Crippen LogP contribution in [0.2, 0.25) is 0 Å². The molecule has 20 heavy (non-hydrogen) atoms. The number of hydrogen-bond acceptors (Lipinski definition) is 2. The molecule has 0 amide bonds. The molecule has 0 aliphatic heterocycles. The number of hydrogen-bond donors (Lipinski definition) is 1. The molecule has 2 N–H and O–H groups in total. The largest absolute Gasteiger partial charge is 0.457 e. The predicted molar refractivity (Wildman–Crippen MR) is 74.8 cm³/mol. The summed E-state index contributed by atoms with van der Waals surface area (Å²) in [5, 5.41) is 0. The van der Waals surface area contributed by atoms with Crippen molar-refractivity contribution in [3.63, 3.8) is 0 Å². The molecule has 2 aromatic rings.